The first-order valence-electron chi connectivity index (χ1n) is 12.9. The van der Waals surface area contributed by atoms with Crippen LogP contribution in [0.5, 0.6) is 11.5 Å². The van der Waals surface area contributed by atoms with Gasteiger partial charge in [0.15, 0.2) is 23.1 Å². The zero-order chi connectivity index (χ0) is 28.1. The van der Waals surface area contributed by atoms with Gasteiger partial charge < -0.3 is 35.5 Å². The van der Waals surface area contributed by atoms with E-state index < -0.39 is 17.5 Å². The number of hydrogen-bond acceptors (Lipinski definition) is 8. The number of nitrogens with zero attached hydrogens (tertiary/aromatic N) is 4. The van der Waals surface area contributed by atoms with Crippen LogP contribution in [-0.2, 0) is 16.1 Å². The van der Waals surface area contributed by atoms with Crippen molar-refractivity contribution in [3.63, 3.8) is 0 Å². The lowest BCUT2D eigenvalue weighted by atomic mass is 10.1. The van der Waals surface area contributed by atoms with Crippen molar-refractivity contribution in [1.29, 1.82) is 0 Å². The third-order valence-corrected chi connectivity index (χ3v) is 6.64. The summed E-state index contributed by atoms with van der Waals surface area (Å²) in [5, 5.41) is 10.8. The number of amides is 1. The molecule has 2 aliphatic heterocycles. The highest BCUT2D eigenvalue weighted by Gasteiger charge is 2.29. The van der Waals surface area contributed by atoms with Crippen molar-refractivity contribution < 1.29 is 27.8 Å². The molecule has 0 aliphatic carbocycles. The molecule has 11 nitrogen and oxygen atoms in total. The zero-order valence-electron chi connectivity index (χ0n) is 22.0. The van der Waals surface area contributed by atoms with Crippen LogP contribution in [0.2, 0.25) is 0 Å². The first-order chi connectivity index (χ1) is 19.4. The van der Waals surface area contributed by atoms with Gasteiger partial charge in [-0.25, -0.2) is 13.8 Å². The predicted molar refractivity (Wildman–Crippen MR) is 145 cm³/mol. The largest absolute Gasteiger partial charge is 0.493 e. The molecule has 0 bridgehead atoms. The third-order valence-electron chi connectivity index (χ3n) is 6.64. The van der Waals surface area contributed by atoms with Crippen LogP contribution in [-0.4, -0.2) is 67.7 Å². The highest BCUT2D eigenvalue weighted by molar-refractivity contribution is 6.16. The second-order valence-electron chi connectivity index (χ2n) is 9.37. The standard InChI is InChI=1S/C27H31F2N7O4/c1-38-23-11-19-21(12-24(23)40-10-7-31-17-5-8-39-9-6-17)32-16-36(22-4-2-3-20(28)26(22)29)27(19)34-18-13-33-35(14-18)15-25(30)37/h2-4,11-14,17,31-32H,5-10,15-16H2,1H3,(H2,30,37). The zero-order valence-corrected chi connectivity index (χ0v) is 22.0. The monoisotopic (exact) mass is 555 g/mol. The molecule has 1 amide bonds. The number of rotatable bonds is 10. The molecule has 13 heteroatoms. The van der Waals surface area contributed by atoms with Crippen LogP contribution >= 0.6 is 0 Å². The average molecular weight is 556 g/mol. The lowest BCUT2D eigenvalue weighted by Gasteiger charge is -2.33. The van der Waals surface area contributed by atoms with E-state index in [-0.39, 0.29) is 18.9 Å². The number of carbonyl (C=O) groups is 1. The summed E-state index contributed by atoms with van der Waals surface area (Å²) in [6.07, 6.45) is 4.94. The molecule has 2 aliphatic rings. The number of carbonyl (C=O) groups excluding carboxylic acids is 1. The van der Waals surface area contributed by atoms with E-state index in [2.05, 4.69) is 15.7 Å². The Balaban J connectivity index is 1.45. The van der Waals surface area contributed by atoms with Crippen molar-refractivity contribution in [3.8, 4) is 11.5 Å². The summed E-state index contributed by atoms with van der Waals surface area (Å²) in [6, 6.07) is 7.89. The fourth-order valence-electron chi connectivity index (χ4n) is 4.67. The van der Waals surface area contributed by atoms with Gasteiger partial charge in [-0.15, -0.1) is 0 Å². The first kappa shape index (κ1) is 27.3. The van der Waals surface area contributed by atoms with Crippen molar-refractivity contribution in [2.45, 2.75) is 25.4 Å². The fraction of sp³-hybridized carbons (Fsp3) is 0.370. The summed E-state index contributed by atoms with van der Waals surface area (Å²) < 4.78 is 47.5. The topological polar surface area (TPSA) is 128 Å². The number of ether oxygens (including phenoxy) is 3. The van der Waals surface area contributed by atoms with Gasteiger partial charge in [0.05, 0.1) is 37.5 Å². The van der Waals surface area contributed by atoms with Crippen LogP contribution in [0.15, 0.2) is 47.7 Å². The van der Waals surface area contributed by atoms with Crippen LogP contribution in [0.1, 0.15) is 18.4 Å². The van der Waals surface area contributed by atoms with E-state index in [1.165, 1.54) is 35.0 Å². The Kier molecular flexibility index (Phi) is 8.41. The number of aliphatic imine (C=N–C) groups is 1. The minimum Gasteiger partial charge on any atom is -0.493 e. The molecule has 5 rings (SSSR count). The average Bonchev–Trinajstić information content (AvgIpc) is 3.39. The molecule has 3 heterocycles. The normalized spacial score (nSPS) is 16.5. The van der Waals surface area contributed by atoms with Gasteiger partial charge in [0, 0.05) is 37.4 Å². The number of aromatic nitrogens is 2. The second-order valence-corrected chi connectivity index (χ2v) is 9.37. The first-order valence-corrected chi connectivity index (χ1v) is 12.9. The maximum Gasteiger partial charge on any atom is 0.239 e. The molecule has 212 valence electrons. The minimum atomic E-state index is -1.01. The molecular formula is C27H31F2N7O4. The van der Waals surface area contributed by atoms with Crippen molar-refractivity contribution in [3.05, 3.63) is 59.9 Å². The van der Waals surface area contributed by atoms with E-state index in [9.17, 15) is 13.6 Å². The van der Waals surface area contributed by atoms with E-state index >= 15 is 0 Å². The summed E-state index contributed by atoms with van der Waals surface area (Å²) >= 11 is 0. The fourth-order valence-corrected chi connectivity index (χ4v) is 4.67. The number of hydrogen-bond donors (Lipinski definition) is 3. The number of anilines is 2. The molecule has 0 atom stereocenters. The number of fused-ring (bicyclic) bond motifs is 1. The summed E-state index contributed by atoms with van der Waals surface area (Å²) in [5.41, 5.74) is 6.91. The van der Waals surface area contributed by atoms with Crippen molar-refractivity contribution in [1.82, 2.24) is 15.1 Å². The predicted octanol–water partition coefficient (Wildman–Crippen LogP) is 2.77. The Morgan fingerprint density at radius 1 is 1.27 bits per heavy atom. The number of benzene rings is 2. The van der Waals surface area contributed by atoms with Crippen molar-refractivity contribution in [2.24, 2.45) is 10.7 Å². The van der Waals surface area contributed by atoms with Gasteiger partial charge in [-0.2, -0.15) is 5.10 Å². The Labute approximate surface area is 229 Å². The molecule has 3 aromatic rings. The van der Waals surface area contributed by atoms with Crippen LogP contribution in [0.4, 0.5) is 25.8 Å². The Hall–Kier alpha value is -4.23. The van der Waals surface area contributed by atoms with E-state index in [0.717, 1.165) is 32.1 Å². The molecule has 0 spiro atoms. The Bertz CT molecular complexity index is 1390. The minimum absolute atomic E-state index is 0.0000849. The number of primary amides is 1. The van der Waals surface area contributed by atoms with Crippen LogP contribution in [0.3, 0.4) is 0 Å². The van der Waals surface area contributed by atoms with Crippen LogP contribution < -0.4 is 30.7 Å². The summed E-state index contributed by atoms with van der Waals surface area (Å²) in [4.78, 5) is 17.5. The van der Waals surface area contributed by atoms with Crippen molar-refractivity contribution in [2.75, 3.05) is 50.4 Å². The molecule has 0 saturated carbocycles. The van der Waals surface area contributed by atoms with Gasteiger partial charge in [-0.3, -0.25) is 9.48 Å². The molecule has 1 aromatic heterocycles. The molecular weight excluding hydrogens is 524 g/mol. The summed E-state index contributed by atoms with van der Waals surface area (Å²) in [6.45, 7) is 2.58. The molecule has 0 unspecified atom stereocenters. The molecule has 2 aromatic carbocycles. The molecule has 0 radical (unpaired) electrons. The van der Waals surface area contributed by atoms with E-state index in [4.69, 9.17) is 24.9 Å². The number of methoxy groups -OCH3 is 1. The van der Waals surface area contributed by atoms with Crippen molar-refractivity contribution >= 4 is 28.8 Å². The number of amidine groups is 1. The van der Waals surface area contributed by atoms with Gasteiger partial charge >= 0.3 is 0 Å². The van der Waals surface area contributed by atoms with Crippen LogP contribution in [0, 0.1) is 11.6 Å². The molecule has 1 fully saturated rings. The Morgan fingerprint density at radius 3 is 2.88 bits per heavy atom. The SMILES string of the molecule is COc1cc2c(cc1OCCNC1CCOCC1)NCN(c1cccc(F)c1F)C2=Nc1cnn(CC(N)=O)c1. The van der Waals surface area contributed by atoms with E-state index in [0.29, 0.717) is 53.5 Å². The Morgan fingerprint density at radius 2 is 2.10 bits per heavy atom. The smallest absolute Gasteiger partial charge is 0.239 e. The number of halogens is 2. The molecule has 40 heavy (non-hydrogen) atoms. The lowest BCUT2D eigenvalue weighted by molar-refractivity contribution is -0.118. The van der Waals surface area contributed by atoms with Crippen LogP contribution in [0.25, 0.3) is 0 Å². The van der Waals surface area contributed by atoms with Gasteiger partial charge in [0.25, 0.3) is 0 Å². The second kappa shape index (κ2) is 12.3. The van der Waals surface area contributed by atoms with Gasteiger partial charge in [0.2, 0.25) is 5.91 Å². The quantitative estimate of drug-likeness (QED) is 0.326. The summed E-state index contributed by atoms with van der Waals surface area (Å²) in [5.74, 6) is -1.24. The summed E-state index contributed by atoms with van der Waals surface area (Å²) in [7, 11) is 1.53. The van der Waals surface area contributed by atoms with E-state index in [1.54, 1.807) is 18.3 Å². The number of nitrogens with two attached hydrogens (primary N) is 1. The number of nitrogens with one attached hydrogen (secondary N) is 2. The molecule has 4 N–H and O–H groups in total. The van der Waals surface area contributed by atoms with Gasteiger partial charge in [-0.1, -0.05) is 6.07 Å². The van der Waals surface area contributed by atoms with Gasteiger partial charge in [-0.05, 0) is 31.0 Å². The maximum atomic E-state index is 14.9. The highest BCUT2D eigenvalue weighted by Crippen LogP contribution is 2.38. The van der Waals surface area contributed by atoms with Gasteiger partial charge in [0.1, 0.15) is 24.7 Å². The maximum absolute atomic E-state index is 14.9. The highest BCUT2D eigenvalue weighted by atomic mass is 19.2. The van der Waals surface area contributed by atoms with E-state index in [1.807, 2.05) is 0 Å². The lowest BCUT2D eigenvalue weighted by Crippen LogP contribution is -2.41. The third kappa shape index (κ3) is 6.15. The molecule has 1 saturated heterocycles.